The van der Waals surface area contributed by atoms with Crippen molar-refractivity contribution in [2.24, 2.45) is 0 Å². The Labute approximate surface area is 248 Å². The van der Waals surface area contributed by atoms with E-state index in [0.717, 1.165) is 4.90 Å². The summed E-state index contributed by atoms with van der Waals surface area (Å²) >= 11 is 0. The highest BCUT2D eigenvalue weighted by atomic mass is 16.7. The molecule has 3 fully saturated rings. The minimum atomic E-state index is -1.49. The highest BCUT2D eigenvalue weighted by Crippen LogP contribution is 2.33. The molecule has 0 bridgehead atoms. The number of carbonyl (C=O) groups excluding carboxylic acids is 8. The van der Waals surface area contributed by atoms with Crippen LogP contribution in [0.3, 0.4) is 0 Å². The molecule has 43 heavy (non-hydrogen) atoms. The molecule has 1 aromatic carbocycles. The monoisotopic (exact) mass is 597 g/mol. The van der Waals surface area contributed by atoms with Crippen molar-refractivity contribution in [1.29, 1.82) is 0 Å². The predicted octanol–water partition coefficient (Wildman–Crippen LogP) is 0.641. The molecule has 1 atom stereocenters. The van der Waals surface area contributed by atoms with Gasteiger partial charge in [-0.2, -0.15) is 0 Å². The van der Waals surface area contributed by atoms with E-state index in [1.165, 1.54) is 4.90 Å². The molecule has 0 saturated carbocycles. The summed E-state index contributed by atoms with van der Waals surface area (Å²) in [4.78, 5) is 108. The van der Waals surface area contributed by atoms with Crippen molar-refractivity contribution in [3.8, 4) is 0 Å². The fourth-order valence-electron chi connectivity index (χ4n) is 5.47. The van der Waals surface area contributed by atoms with Crippen molar-refractivity contribution in [2.45, 2.75) is 63.7 Å². The number of barbiturate groups is 1. The van der Waals surface area contributed by atoms with Gasteiger partial charge in [-0.25, -0.2) is 9.59 Å². The van der Waals surface area contributed by atoms with Gasteiger partial charge in [0, 0.05) is 58.4 Å². The minimum absolute atomic E-state index is 0.0141. The SMILES string of the molecule is CCC1(c2ccccc2)C(=O)NC(=O)N(CCCCC(=O)N2CCN(C(=O)CCC(=O)ON3C(=O)CCC3=O)CC2)C1=O. The number of amides is 8. The third-order valence-electron chi connectivity index (χ3n) is 8.01. The first-order valence-corrected chi connectivity index (χ1v) is 14.4. The molecule has 1 N–H and O–H groups in total. The van der Waals surface area contributed by atoms with Crippen molar-refractivity contribution in [2.75, 3.05) is 32.7 Å². The third kappa shape index (κ3) is 6.73. The van der Waals surface area contributed by atoms with Crippen molar-refractivity contribution in [3.05, 3.63) is 35.9 Å². The number of urea groups is 1. The number of unbranched alkanes of at least 4 members (excludes halogenated alkanes) is 1. The average Bonchev–Trinajstić information content (AvgIpc) is 3.32. The number of nitrogens with one attached hydrogen (secondary N) is 1. The Morgan fingerprint density at radius 2 is 1.40 bits per heavy atom. The fraction of sp³-hybridized carbons (Fsp3) is 0.517. The van der Waals surface area contributed by atoms with Gasteiger partial charge in [-0.1, -0.05) is 37.3 Å². The van der Waals surface area contributed by atoms with Crippen LogP contribution in [0.15, 0.2) is 30.3 Å². The van der Waals surface area contributed by atoms with Crippen LogP contribution in [0, 0.1) is 0 Å². The Bertz CT molecular complexity index is 1290. The van der Waals surface area contributed by atoms with Crippen LogP contribution in [0.2, 0.25) is 0 Å². The fourth-order valence-corrected chi connectivity index (χ4v) is 5.47. The largest absolute Gasteiger partial charge is 0.339 e. The number of benzene rings is 1. The molecule has 0 aromatic heterocycles. The molecule has 8 amide bonds. The van der Waals surface area contributed by atoms with Crippen LogP contribution in [-0.2, 0) is 43.8 Å². The first kappa shape index (κ1) is 31.3. The number of hydrogen-bond acceptors (Lipinski definition) is 9. The molecule has 3 aliphatic rings. The topological polar surface area (TPSA) is 171 Å². The number of imide groups is 3. The molecule has 3 saturated heterocycles. The zero-order chi connectivity index (χ0) is 31.1. The molecule has 3 aliphatic heterocycles. The van der Waals surface area contributed by atoms with E-state index >= 15 is 0 Å². The molecular weight excluding hydrogens is 562 g/mol. The van der Waals surface area contributed by atoms with Gasteiger partial charge in [0.2, 0.25) is 17.7 Å². The van der Waals surface area contributed by atoms with Crippen LogP contribution in [-0.4, -0.2) is 99.9 Å². The van der Waals surface area contributed by atoms with Gasteiger partial charge in [-0.15, -0.1) is 5.06 Å². The maximum Gasteiger partial charge on any atom is 0.333 e. The van der Waals surface area contributed by atoms with E-state index < -0.39 is 41.0 Å². The van der Waals surface area contributed by atoms with Gasteiger partial charge in [0.1, 0.15) is 0 Å². The zero-order valence-corrected chi connectivity index (χ0v) is 24.0. The highest BCUT2D eigenvalue weighted by Gasteiger charge is 2.53. The summed E-state index contributed by atoms with van der Waals surface area (Å²) in [5, 5.41) is 2.76. The Balaban J connectivity index is 1.18. The Kier molecular flexibility index (Phi) is 9.88. The first-order chi connectivity index (χ1) is 20.6. The summed E-state index contributed by atoms with van der Waals surface area (Å²) in [6, 6.07) is 7.86. The standard InChI is InChI=1S/C29H35N5O9/c1-2-29(20-8-4-3-5-9-20)26(40)30-28(42)33(27(29)41)15-7-6-10-21(35)31-16-18-32(19-17-31)22(36)13-14-25(39)43-34-23(37)11-12-24(34)38/h3-5,8-9H,2,6-7,10-19H2,1H3,(H,30,40,42). The number of nitrogens with zero attached hydrogens (tertiary/aromatic N) is 4. The van der Waals surface area contributed by atoms with E-state index in [0.29, 0.717) is 36.6 Å². The molecule has 4 rings (SSSR count). The molecular formula is C29H35N5O9. The van der Waals surface area contributed by atoms with Crippen molar-refractivity contribution >= 4 is 47.4 Å². The van der Waals surface area contributed by atoms with Crippen LogP contribution in [0.5, 0.6) is 0 Å². The van der Waals surface area contributed by atoms with E-state index in [1.54, 1.807) is 42.2 Å². The van der Waals surface area contributed by atoms with Crippen LogP contribution >= 0.6 is 0 Å². The van der Waals surface area contributed by atoms with Crippen LogP contribution < -0.4 is 5.32 Å². The Morgan fingerprint density at radius 3 is 1.98 bits per heavy atom. The van der Waals surface area contributed by atoms with E-state index in [2.05, 4.69) is 5.32 Å². The number of rotatable bonds is 11. The number of hydrogen-bond donors (Lipinski definition) is 1. The zero-order valence-electron chi connectivity index (χ0n) is 24.0. The van der Waals surface area contributed by atoms with E-state index in [9.17, 15) is 38.4 Å². The van der Waals surface area contributed by atoms with Crippen LogP contribution in [0.1, 0.15) is 63.9 Å². The molecule has 0 radical (unpaired) electrons. The quantitative estimate of drug-likeness (QED) is 0.218. The predicted molar refractivity (Wildman–Crippen MR) is 147 cm³/mol. The van der Waals surface area contributed by atoms with Crippen molar-refractivity contribution < 1.29 is 43.2 Å². The van der Waals surface area contributed by atoms with Gasteiger partial charge in [0.25, 0.3) is 17.7 Å². The smallest absolute Gasteiger partial charge is 0.333 e. The van der Waals surface area contributed by atoms with Gasteiger partial charge in [-0.3, -0.25) is 39.0 Å². The van der Waals surface area contributed by atoms with E-state index in [-0.39, 0.29) is 70.0 Å². The van der Waals surface area contributed by atoms with Gasteiger partial charge < -0.3 is 14.6 Å². The van der Waals surface area contributed by atoms with E-state index in [1.807, 2.05) is 0 Å². The lowest BCUT2D eigenvalue weighted by atomic mass is 9.74. The van der Waals surface area contributed by atoms with Crippen molar-refractivity contribution in [3.63, 3.8) is 0 Å². The van der Waals surface area contributed by atoms with Crippen LogP contribution in [0.4, 0.5) is 4.79 Å². The highest BCUT2D eigenvalue weighted by molar-refractivity contribution is 6.22. The molecule has 1 unspecified atom stereocenters. The second kappa shape index (κ2) is 13.6. The van der Waals surface area contributed by atoms with Gasteiger partial charge in [-0.05, 0) is 24.8 Å². The molecule has 230 valence electrons. The summed E-state index contributed by atoms with van der Waals surface area (Å²) in [5.74, 6) is -3.66. The Morgan fingerprint density at radius 1 is 0.814 bits per heavy atom. The normalized spacial score (nSPS) is 20.9. The molecule has 0 aliphatic carbocycles. The van der Waals surface area contributed by atoms with Gasteiger partial charge >= 0.3 is 12.0 Å². The lowest BCUT2D eigenvalue weighted by Crippen LogP contribution is -2.65. The minimum Gasteiger partial charge on any atom is -0.339 e. The summed E-state index contributed by atoms with van der Waals surface area (Å²) < 4.78 is 0. The summed E-state index contributed by atoms with van der Waals surface area (Å²) in [6.07, 6.45) is 0.692. The van der Waals surface area contributed by atoms with E-state index in [4.69, 9.17) is 4.84 Å². The summed E-state index contributed by atoms with van der Waals surface area (Å²) in [7, 11) is 0. The average molecular weight is 598 g/mol. The first-order valence-electron chi connectivity index (χ1n) is 14.4. The Hall–Kier alpha value is -4.62. The third-order valence-corrected chi connectivity index (χ3v) is 8.01. The lowest BCUT2D eigenvalue weighted by molar-refractivity contribution is -0.197. The maximum absolute atomic E-state index is 13.4. The molecule has 14 heteroatoms. The summed E-state index contributed by atoms with van der Waals surface area (Å²) in [5.41, 5.74) is -0.978. The molecule has 1 aromatic rings. The molecule has 3 heterocycles. The molecule has 0 spiro atoms. The lowest BCUT2D eigenvalue weighted by Gasteiger charge is -2.39. The second-order valence-electron chi connectivity index (χ2n) is 10.6. The maximum atomic E-state index is 13.4. The number of hydroxylamine groups is 2. The van der Waals surface area contributed by atoms with Gasteiger partial charge in [0.05, 0.1) is 6.42 Å². The van der Waals surface area contributed by atoms with Crippen molar-refractivity contribution in [1.82, 2.24) is 25.1 Å². The number of piperazine rings is 1. The summed E-state index contributed by atoms with van der Waals surface area (Å²) in [6.45, 7) is 2.99. The molecule has 14 nitrogen and oxygen atoms in total. The van der Waals surface area contributed by atoms with Gasteiger partial charge in [0.15, 0.2) is 5.41 Å². The second-order valence-corrected chi connectivity index (χ2v) is 10.6. The van der Waals surface area contributed by atoms with Crippen LogP contribution in [0.25, 0.3) is 0 Å². The number of carbonyl (C=O) groups is 8.